The molecule has 17 heavy (non-hydrogen) atoms. The first-order valence-electron chi connectivity index (χ1n) is 6.01. The number of hydrogen-bond donors (Lipinski definition) is 1. The Kier molecular flexibility index (Phi) is 5.01. The van der Waals surface area contributed by atoms with Crippen molar-refractivity contribution >= 4 is 5.69 Å². The number of benzene rings is 1. The normalized spacial score (nSPS) is 12.2. The van der Waals surface area contributed by atoms with E-state index in [1.807, 2.05) is 20.0 Å². The van der Waals surface area contributed by atoms with Gasteiger partial charge in [0.15, 0.2) is 0 Å². The van der Waals surface area contributed by atoms with Gasteiger partial charge in [-0.1, -0.05) is 25.5 Å². The summed E-state index contributed by atoms with van der Waals surface area (Å²) < 4.78 is 13.6. The fourth-order valence-electron chi connectivity index (χ4n) is 1.67. The zero-order valence-corrected chi connectivity index (χ0v) is 10.8. The molecule has 3 heteroatoms. The molecule has 2 nitrogen and oxygen atoms in total. The third kappa shape index (κ3) is 3.48. The lowest BCUT2D eigenvalue weighted by Crippen LogP contribution is -2.20. The lowest BCUT2D eigenvalue weighted by molar-refractivity contribution is 0.625. The Balaban J connectivity index is 2.89. The van der Waals surface area contributed by atoms with Crippen molar-refractivity contribution in [3.63, 3.8) is 0 Å². The van der Waals surface area contributed by atoms with E-state index in [1.165, 1.54) is 6.07 Å². The number of nitrogens with zero attached hydrogens (tertiary/aromatic N) is 1. The average molecular weight is 236 g/mol. The molecule has 0 spiro atoms. The molecule has 0 aliphatic heterocycles. The van der Waals surface area contributed by atoms with E-state index in [0.717, 1.165) is 30.7 Å². The van der Waals surface area contributed by atoms with Gasteiger partial charge in [0.2, 0.25) is 0 Å². The highest BCUT2D eigenvalue weighted by Crippen LogP contribution is 2.22. The van der Waals surface area contributed by atoms with Crippen LogP contribution in [0, 0.1) is 5.82 Å². The summed E-state index contributed by atoms with van der Waals surface area (Å²) in [6, 6.07) is 6.73. The van der Waals surface area contributed by atoms with Crippen LogP contribution in [0.15, 0.2) is 35.7 Å². The van der Waals surface area contributed by atoms with Gasteiger partial charge in [-0.05, 0) is 31.9 Å². The number of hydrogen-bond acceptors (Lipinski definition) is 2. The molecule has 0 fully saturated rings. The first kappa shape index (κ1) is 13.6. The van der Waals surface area contributed by atoms with Crippen molar-refractivity contribution < 1.29 is 4.39 Å². The van der Waals surface area contributed by atoms with Gasteiger partial charge in [-0.25, -0.2) is 4.39 Å². The van der Waals surface area contributed by atoms with Crippen molar-refractivity contribution in [1.29, 1.82) is 0 Å². The molecule has 94 valence electrons. The maximum absolute atomic E-state index is 13.6. The zero-order chi connectivity index (χ0) is 12.8. The topological polar surface area (TPSA) is 29.3 Å². The number of unbranched alkanes of at least 4 members (excludes halogenated alkanes) is 1. The van der Waals surface area contributed by atoms with Crippen LogP contribution in [0.4, 0.5) is 10.1 Å². The lowest BCUT2D eigenvalue weighted by Gasteiger charge is -2.22. The number of rotatable bonds is 5. The van der Waals surface area contributed by atoms with Gasteiger partial charge >= 0.3 is 0 Å². The van der Waals surface area contributed by atoms with Crippen LogP contribution in [0.3, 0.4) is 0 Å². The average Bonchev–Trinajstić information content (AvgIpc) is 2.34. The van der Waals surface area contributed by atoms with Crippen LogP contribution in [0.1, 0.15) is 33.1 Å². The first-order valence-corrected chi connectivity index (χ1v) is 6.01. The van der Waals surface area contributed by atoms with E-state index >= 15 is 0 Å². The van der Waals surface area contributed by atoms with Gasteiger partial charge in [-0.3, -0.25) is 0 Å². The molecule has 0 radical (unpaired) electrons. The minimum atomic E-state index is -0.224. The van der Waals surface area contributed by atoms with Crippen molar-refractivity contribution in [3.8, 4) is 0 Å². The van der Waals surface area contributed by atoms with Gasteiger partial charge in [0.1, 0.15) is 5.82 Å². The maximum atomic E-state index is 13.6. The second-order valence-corrected chi connectivity index (χ2v) is 4.22. The van der Waals surface area contributed by atoms with E-state index in [2.05, 4.69) is 6.92 Å². The van der Waals surface area contributed by atoms with Crippen LogP contribution in [0.2, 0.25) is 0 Å². The van der Waals surface area contributed by atoms with Crippen LogP contribution in [-0.4, -0.2) is 7.05 Å². The first-order chi connectivity index (χ1) is 8.07. The molecule has 0 aromatic heterocycles. The highest BCUT2D eigenvalue weighted by Gasteiger charge is 2.10. The van der Waals surface area contributed by atoms with E-state index < -0.39 is 0 Å². The summed E-state index contributed by atoms with van der Waals surface area (Å²) in [7, 11) is 1.84. The Labute approximate surface area is 103 Å². The van der Waals surface area contributed by atoms with Crippen molar-refractivity contribution in [1.82, 2.24) is 0 Å². The number of allylic oxidation sites excluding steroid dienone is 2. The Bertz CT molecular complexity index is 399. The monoisotopic (exact) mass is 236 g/mol. The van der Waals surface area contributed by atoms with Crippen LogP contribution >= 0.6 is 0 Å². The van der Waals surface area contributed by atoms with Crippen LogP contribution in [0.5, 0.6) is 0 Å². The Morgan fingerprint density at radius 1 is 1.35 bits per heavy atom. The molecule has 0 amide bonds. The quantitative estimate of drug-likeness (QED) is 0.845. The highest BCUT2D eigenvalue weighted by molar-refractivity contribution is 5.52. The minimum Gasteiger partial charge on any atom is -0.401 e. The van der Waals surface area contributed by atoms with Gasteiger partial charge in [-0.15, -0.1) is 0 Å². The number of halogens is 1. The molecule has 0 aliphatic carbocycles. The molecule has 0 bridgehead atoms. The predicted octanol–water partition coefficient (Wildman–Crippen LogP) is 3.64. The predicted molar refractivity (Wildman–Crippen MR) is 71.2 cm³/mol. The largest absolute Gasteiger partial charge is 0.401 e. The minimum absolute atomic E-state index is 0.224. The van der Waals surface area contributed by atoms with Gasteiger partial charge in [0.25, 0.3) is 0 Å². The summed E-state index contributed by atoms with van der Waals surface area (Å²) in [4.78, 5) is 1.81. The Morgan fingerprint density at radius 2 is 2.00 bits per heavy atom. The van der Waals surface area contributed by atoms with Gasteiger partial charge in [0, 0.05) is 18.4 Å². The molecule has 0 heterocycles. The fourth-order valence-corrected chi connectivity index (χ4v) is 1.67. The highest BCUT2D eigenvalue weighted by atomic mass is 19.1. The summed E-state index contributed by atoms with van der Waals surface area (Å²) in [6.45, 7) is 4.06. The van der Waals surface area contributed by atoms with Crippen molar-refractivity contribution in [2.24, 2.45) is 5.73 Å². The molecular weight excluding hydrogens is 215 g/mol. The van der Waals surface area contributed by atoms with Gasteiger partial charge in [0.05, 0.1) is 5.69 Å². The van der Waals surface area contributed by atoms with Crippen LogP contribution in [-0.2, 0) is 0 Å². The molecule has 1 aromatic carbocycles. The number of nitrogens with two attached hydrogens (primary N) is 1. The molecule has 1 rings (SSSR count). The summed E-state index contributed by atoms with van der Waals surface area (Å²) >= 11 is 0. The lowest BCUT2D eigenvalue weighted by atomic mass is 10.1. The second-order valence-electron chi connectivity index (χ2n) is 4.22. The standard InChI is InChI=1S/C14H21FN2/c1-4-5-9-13(16)11(2)17(3)14-10-7-6-8-12(14)15/h6-8,10H,4-5,9,16H2,1-3H3. The molecule has 0 saturated heterocycles. The van der Waals surface area contributed by atoms with Gasteiger partial charge < -0.3 is 10.6 Å². The van der Waals surface area contributed by atoms with Crippen LogP contribution in [0.25, 0.3) is 0 Å². The molecule has 0 unspecified atom stereocenters. The third-order valence-corrected chi connectivity index (χ3v) is 2.98. The molecule has 0 saturated carbocycles. The molecule has 2 N–H and O–H groups in total. The SMILES string of the molecule is CCCCC(N)=C(C)N(C)c1ccccc1F. The van der Waals surface area contributed by atoms with E-state index in [9.17, 15) is 4.39 Å². The molecule has 0 aliphatic rings. The smallest absolute Gasteiger partial charge is 0.146 e. The Morgan fingerprint density at radius 3 is 2.59 bits per heavy atom. The molecule has 1 aromatic rings. The number of para-hydroxylation sites is 1. The fraction of sp³-hybridized carbons (Fsp3) is 0.429. The zero-order valence-electron chi connectivity index (χ0n) is 10.8. The van der Waals surface area contributed by atoms with E-state index in [-0.39, 0.29) is 5.82 Å². The molecular formula is C14H21FN2. The summed E-state index contributed by atoms with van der Waals surface area (Å²) in [6.07, 6.45) is 3.03. The van der Waals surface area contributed by atoms with E-state index in [0.29, 0.717) is 5.69 Å². The maximum Gasteiger partial charge on any atom is 0.146 e. The van der Waals surface area contributed by atoms with Crippen LogP contribution < -0.4 is 10.6 Å². The summed E-state index contributed by atoms with van der Waals surface area (Å²) in [5, 5.41) is 0. The summed E-state index contributed by atoms with van der Waals surface area (Å²) in [5.74, 6) is -0.224. The third-order valence-electron chi connectivity index (χ3n) is 2.98. The van der Waals surface area contributed by atoms with E-state index in [1.54, 1.807) is 17.0 Å². The molecule has 0 atom stereocenters. The van der Waals surface area contributed by atoms with Gasteiger partial charge in [-0.2, -0.15) is 0 Å². The second kappa shape index (κ2) is 6.28. The summed E-state index contributed by atoms with van der Waals surface area (Å²) in [5.41, 5.74) is 8.32. The van der Waals surface area contributed by atoms with E-state index in [4.69, 9.17) is 5.73 Å². The van der Waals surface area contributed by atoms with Crippen molar-refractivity contribution in [2.75, 3.05) is 11.9 Å². The van der Waals surface area contributed by atoms with Crippen molar-refractivity contribution in [2.45, 2.75) is 33.1 Å². The number of anilines is 1. The van der Waals surface area contributed by atoms with Crippen molar-refractivity contribution in [3.05, 3.63) is 41.5 Å². The Hall–Kier alpha value is -1.51.